The van der Waals surface area contributed by atoms with Gasteiger partial charge >= 0.3 is 0 Å². The highest BCUT2D eigenvalue weighted by Crippen LogP contribution is 2.15. The third-order valence-electron chi connectivity index (χ3n) is 3.12. The van der Waals surface area contributed by atoms with Crippen molar-refractivity contribution in [3.05, 3.63) is 0 Å². The third kappa shape index (κ3) is 2.94. The Balaban J connectivity index is 2.51. The van der Waals surface area contributed by atoms with E-state index in [0.29, 0.717) is 12.1 Å². The second-order valence-corrected chi connectivity index (χ2v) is 3.99. The van der Waals surface area contributed by atoms with E-state index in [1.807, 2.05) is 7.05 Å². The zero-order chi connectivity index (χ0) is 10.4. The number of rotatable bonds is 5. The van der Waals surface area contributed by atoms with E-state index >= 15 is 0 Å². The van der Waals surface area contributed by atoms with Gasteiger partial charge in [0, 0.05) is 25.2 Å². The van der Waals surface area contributed by atoms with Gasteiger partial charge in [-0.15, -0.1) is 0 Å². The van der Waals surface area contributed by atoms with Crippen LogP contribution in [0.3, 0.4) is 0 Å². The molecule has 1 saturated heterocycles. The lowest BCUT2D eigenvalue weighted by Crippen LogP contribution is -2.53. The van der Waals surface area contributed by atoms with Gasteiger partial charge in [0.1, 0.15) is 0 Å². The molecule has 3 nitrogen and oxygen atoms in total. The lowest BCUT2D eigenvalue weighted by Gasteiger charge is -2.40. The van der Waals surface area contributed by atoms with Crippen molar-refractivity contribution in [2.45, 2.75) is 38.8 Å². The van der Waals surface area contributed by atoms with Crippen LogP contribution in [-0.2, 0) is 4.74 Å². The average Bonchev–Trinajstić information content (AvgIpc) is 2.26. The van der Waals surface area contributed by atoms with Crippen LogP contribution in [0.5, 0.6) is 0 Å². The maximum atomic E-state index is 5.51. The van der Waals surface area contributed by atoms with E-state index in [-0.39, 0.29) is 0 Å². The Bertz CT molecular complexity index is 152. The standard InChI is InChI=1S/C11H24N2O/c1-4-10(8-12-3)13-6-7-14-9-11(13)5-2/h10-12H,4-9H2,1-3H3. The van der Waals surface area contributed by atoms with Crippen LogP contribution in [-0.4, -0.2) is 50.3 Å². The summed E-state index contributed by atoms with van der Waals surface area (Å²) in [6.07, 6.45) is 2.41. The summed E-state index contributed by atoms with van der Waals surface area (Å²) in [6.45, 7) is 8.52. The van der Waals surface area contributed by atoms with Crippen molar-refractivity contribution in [3.63, 3.8) is 0 Å². The second-order valence-electron chi connectivity index (χ2n) is 3.99. The molecule has 14 heavy (non-hydrogen) atoms. The van der Waals surface area contributed by atoms with Crippen molar-refractivity contribution in [3.8, 4) is 0 Å². The van der Waals surface area contributed by atoms with Crippen molar-refractivity contribution in [2.24, 2.45) is 0 Å². The molecule has 0 aromatic heterocycles. The van der Waals surface area contributed by atoms with Crippen molar-refractivity contribution >= 4 is 0 Å². The Labute approximate surface area is 87.8 Å². The van der Waals surface area contributed by atoms with Crippen LogP contribution in [0.15, 0.2) is 0 Å². The quantitative estimate of drug-likeness (QED) is 0.719. The van der Waals surface area contributed by atoms with Crippen LogP contribution in [0.1, 0.15) is 26.7 Å². The van der Waals surface area contributed by atoms with E-state index in [4.69, 9.17) is 4.74 Å². The summed E-state index contributed by atoms with van der Waals surface area (Å²) in [5.41, 5.74) is 0. The molecule has 84 valence electrons. The molecular formula is C11H24N2O. The molecule has 1 fully saturated rings. The highest BCUT2D eigenvalue weighted by atomic mass is 16.5. The van der Waals surface area contributed by atoms with Gasteiger partial charge in [0.05, 0.1) is 13.2 Å². The maximum Gasteiger partial charge on any atom is 0.0622 e. The van der Waals surface area contributed by atoms with Gasteiger partial charge in [0.2, 0.25) is 0 Å². The van der Waals surface area contributed by atoms with Gasteiger partial charge in [0.25, 0.3) is 0 Å². The van der Waals surface area contributed by atoms with Crippen LogP contribution in [0.25, 0.3) is 0 Å². The lowest BCUT2D eigenvalue weighted by molar-refractivity contribution is -0.0301. The summed E-state index contributed by atoms with van der Waals surface area (Å²) in [6, 6.07) is 1.30. The summed E-state index contributed by atoms with van der Waals surface area (Å²) in [5.74, 6) is 0. The van der Waals surface area contributed by atoms with E-state index in [0.717, 1.165) is 26.3 Å². The molecule has 0 aromatic carbocycles. The molecule has 0 aliphatic carbocycles. The Morgan fingerprint density at radius 3 is 2.86 bits per heavy atom. The molecule has 2 unspecified atom stereocenters. The highest BCUT2D eigenvalue weighted by molar-refractivity contribution is 4.81. The average molecular weight is 200 g/mol. The fraction of sp³-hybridized carbons (Fsp3) is 1.00. The zero-order valence-corrected chi connectivity index (χ0v) is 9.75. The fourth-order valence-corrected chi connectivity index (χ4v) is 2.23. The summed E-state index contributed by atoms with van der Waals surface area (Å²) >= 11 is 0. The molecule has 1 rings (SSSR count). The molecule has 1 N–H and O–H groups in total. The Morgan fingerprint density at radius 2 is 2.29 bits per heavy atom. The zero-order valence-electron chi connectivity index (χ0n) is 9.75. The summed E-state index contributed by atoms with van der Waals surface area (Å²) in [4.78, 5) is 2.61. The number of hydrogen-bond donors (Lipinski definition) is 1. The van der Waals surface area contributed by atoms with Gasteiger partial charge < -0.3 is 10.1 Å². The molecule has 0 bridgehead atoms. The summed E-state index contributed by atoms with van der Waals surface area (Å²) in [7, 11) is 2.03. The van der Waals surface area contributed by atoms with E-state index in [1.54, 1.807) is 0 Å². The number of hydrogen-bond acceptors (Lipinski definition) is 3. The smallest absolute Gasteiger partial charge is 0.0622 e. The fourth-order valence-electron chi connectivity index (χ4n) is 2.23. The van der Waals surface area contributed by atoms with Crippen LogP contribution < -0.4 is 5.32 Å². The molecule has 1 aliphatic rings. The number of ether oxygens (including phenoxy) is 1. The largest absolute Gasteiger partial charge is 0.378 e. The first kappa shape index (κ1) is 12.0. The summed E-state index contributed by atoms with van der Waals surface area (Å²) in [5, 5.41) is 3.28. The molecule has 0 spiro atoms. The maximum absolute atomic E-state index is 5.51. The van der Waals surface area contributed by atoms with Crippen LogP contribution in [0.4, 0.5) is 0 Å². The van der Waals surface area contributed by atoms with Gasteiger partial charge in [0.15, 0.2) is 0 Å². The molecule has 1 heterocycles. The van der Waals surface area contributed by atoms with Gasteiger partial charge in [-0.2, -0.15) is 0 Å². The Kier molecular flexibility index (Phi) is 5.45. The third-order valence-corrected chi connectivity index (χ3v) is 3.12. The van der Waals surface area contributed by atoms with Gasteiger partial charge in [-0.25, -0.2) is 0 Å². The first-order chi connectivity index (χ1) is 6.83. The number of nitrogens with one attached hydrogen (secondary N) is 1. The minimum Gasteiger partial charge on any atom is -0.378 e. The van der Waals surface area contributed by atoms with E-state index in [2.05, 4.69) is 24.1 Å². The minimum atomic E-state index is 0.627. The monoisotopic (exact) mass is 200 g/mol. The molecule has 3 heteroatoms. The predicted octanol–water partition coefficient (Wildman–Crippen LogP) is 1.10. The Morgan fingerprint density at radius 1 is 1.50 bits per heavy atom. The lowest BCUT2D eigenvalue weighted by atomic mass is 10.1. The normalized spacial score (nSPS) is 26.4. The van der Waals surface area contributed by atoms with Crippen molar-refractivity contribution in [1.29, 1.82) is 0 Å². The van der Waals surface area contributed by atoms with E-state index < -0.39 is 0 Å². The first-order valence-corrected chi connectivity index (χ1v) is 5.81. The number of morpholine rings is 1. The second kappa shape index (κ2) is 6.38. The topological polar surface area (TPSA) is 24.5 Å². The van der Waals surface area contributed by atoms with Gasteiger partial charge in [-0.05, 0) is 19.9 Å². The van der Waals surface area contributed by atoms with Crippen molar-refractivity contribution in [1.82, 2.24) is 10.2 Å². The molecule has 0 saturated carbocycles. The molecular weight excluding hydrogens is 176 g/mol. The molecule has 0 radical (unpaired) electrons. The number of nitrogens with zero attached hydrogens (tertiary/aromatic N) is 1. The Hall–Kier alpha value is -0.120. The number of likely N-dealkylation sites (N-methyl/N-ethyl adjacent to an activating group) is 1. The SMILES string of the molecule is CCC(CNC)N1CCOCC1CC. The molecule has 0 amide bonds. The van der Waals surface area contributed by atoms with Crippen LogP contribution >= 0.6 is 0 Å². The first-order valence-electron chi connectivity index (χ1n) is 5.81. The predicted molar refractivity (Wildman–Crippen MR) is 59.6 cm³/mol. The molecule has 1 aliphatic heterocycles. The van der Waals surface area contributed by atoms with Crippen molar-refractivity contribution < 1.29 is 4.74 Å². The van der Waals surface area contributed by atoms with Gasteiger partial charge in [-0.3, -0.25) is 4.90 Å². The summed E-state index contributed by atoms with van der Waals surface area (Å²) < 4.78 is 5.51. The molecule has 0 aromatic rings. The minimum absolute atomic E-state index is 0.627. The van der Waals surface area contributed by atoms with Crippen LogP contribution in [0, 0.1) is 0 Å². The van der Waals surface area contributed by atoms with E-state index in [9.17, 15) is 0 Å². The highest BCUT2D eigenvalue weighted by Gasteiger charge is 2.26. The molecule has 2 atom stereocenters. The van der Waals surface area contributed by atoms with Crippen LogP contribution in [0.2, 0.25) is 0 Å². The van der Waals surface area contributed by atoms with Crippen molar-refractivity contribution in [2.75, 3.05) is 33.4 Å². The van der Waals surface area contributed by atoms with E-state index in [1.165, 1.54) is 12.8 Å². The van der Waals surface area contributed by atoms with Gasteiger partial charge in [-0.1, -0.05) is 13.8 Å².